The first-order valence-corrected chi connectivity index (χ1v) is 6.38. The minimum Gasteiger partial charge on any atom is -0.396 e. The van der Waals surface area contributed by atoms with Gasteiger partial charge in [0.1, 0.15) is 5.69 Å². The molecule has 106 valence electrons. The maximum Gasteiger partial charge on any atom is 0.292 e. The Morgan fingerprint density at radius 2 is 2.05 bits per heavy atom. The highest BCUT2D eigenvalue weighted by atomic mass is 16.6. The third-order valence-corrected chi connectivity index (χ3v) is 3.14. The monoisotopic (exact) mass is 266 g/mol. The van der Waals surface area contributed by atoms with Crippen molar-refractivity contribution < 1.29 is 10.0 Å². The zero-order valence-corrected chi connectivity index (χ0v) is 11.9. The molecular formula is C14H22N2O3. The van der Waals surface area contributed by atoms with Gasteiger partial charge in [-0.25, -0.2) is 0 Å². The van der Waals surface area contributed by atoms with Crippen molar-refractivity contribution in [3.8, 4) is 0 Å². The van der Waals surface area contributed by atoms with E-state index in [0.29, 0.717) is 12.1 Å². The van der Waals surface area contributed by atoms with E-state index in [2.05, 4.69) is 5.32 Å². The van der Waals surface area contributed by atoms with Gasteiger partial charge in [0.15, 0.2) is 0 Å². The molecule has 0 spiro atoms. The Kier molecular flexibility index (Phi) is 4.89. The average molecular weight is 266 g/mol. The van der Waals surface area contributed by atoms with Crippen molar-refractivity contribution >= 4 is 11.4 Å². The molecule has 0 aliphatic heterocycles. The highest BCUT2D eigenvalue weighted by Gasteiger charge is 2.26. The van der Waals surface area contributed by atoms with Gasteiger partial charge >= 0.3 is 0 Å². The Balaban J connectivity index is 3.08. The minimum atomic E-state index is -0.388. The predicted molar refractivity (Wildman–Crippen MR) is 76.4 cm³/mol. The molecule has 1 unspecified atom stereocenters. The number of aliphatic hydroxyl groups excluding tert-OH is 1. The lowest BCUT2D eigenvalue weighted by Crippen LogP contribution is -2.35. The molecule has 0 bridgehead atoms. The zero-order chi connectivity index (χ0) is 14.6. The molecule has 1 rings (SSSR count). The lowest BCUT2D eigenvalue weighted by molar-refractivity contribution is -0.384. The van der Waals surface area contributed by atoms with Crippen LogP contribution in [0.1, 0.15) is 32.8 Å². The van der Waals surface area contributed by atoms with Crippen LogP contribution in [0.2, 0.25) is 0 Å². The highest BCUT2D eigenvalue weighted by molar-refractivity contribution is 5.63. The number of nitro benzene ring substituents is 1. The molecule has 1 atom stereocenters. The van der Waals surface area contributed by atoms with Crippen LogP contribution in [0, 0.1) is 22.5 Å². The summed E-state index contributed by atoms with van der Waals surface area (Å²) in [5, 5.41) is 23.4. The maximum absolute atomic E-state index is 11.0. The van der Waals surface area contributed by atoms with E-state index in [4.69, 9.17) is 5.11 Å². The first kappa shape index (κ1) is 15.4. The van der Waals surface area contributed by atoms with Crippen molar-refractivity contribution in [1.29, 1.82) is 0 Å². The Morgan fingerprint density at radius 3 is 2.53 bits per heavy atom. The van der Waals surface area contributed by atoms with Crippen LogP contribution in [0.5, 0.6) is 0 Å². The number of rotatable bonds is 5. The molecule has 19 heavy (non-hydrogen) atoms. The number of anilines is 1. The van der Waals surface area contributed by atoms with Gasteiger partial charge in [0.05, 0.1) is 4.92 Å². The molecule has 0 amide bonds. The second-order valence-electron chi connectivity index (χ2n) is 5.85. The summed E-state index contributed by atoms with van der Waals surface area (Å²) >= 11 is 0. The highest BCUT2D eigenvalue weighted by Crippen LogP contribution is 2.31. The molecular weight excluding hydrogens is 244 g/mol. The number of hydrogen-bond acceptors (Lipinski definition) is 4. The SMILES string of the molecule is Cc1ccc([N+](=O)[O-])c(NC(CCO)C(C)(C)C)c1. The van der Waals surface area contributed by atoms with Crippen LogP contribution in [-0.4, -0.2) is 22.7 Å². The molecule has 0 saturated carbocycles. The van der Waals surface area contributed by atoms with E-state index < -0.39 is 0 Å². The molecule has 0 aliphatic carbocycles. The number of nitrogens with one attached hydrogen (secondary N) is 1. The quantitative estimate of drug-likeness (QED) is 0.634. The standard InChI is InChI=1S/C14H22N2O3/c1-10-5-6-12(16(18)19)11(9-10)15-13(7-8-17)14(2,3)4/h5-6,9,13,15,17H,7-8H2,1-4H3. The van der Waals surface area contributed by atoms with Crippen molar-refractivity contribution in [2.24, 2.45) is 5.41 Å². The summed E-state index contributed by atoms with van der Waals surface area (Å²) in [4.78, 5) is 10.6. The average Bonchev–Trinajstić information content (AvgIpc) is 2.26. The number of benzene rings is 1. The van der Waals surface area contributed by atoms with E-state index in [-0.39, 0.29) is 28.7 Å². The van der Waals surface area contributed by atoms with Gasteiger partial charge in [-0.2, -0.15) is 0 Å². The van der Waals surface area contributed by atoms with Crippen molar-refractivity contribution in [1.82, 2.24) is 0 Å². The van der Waals surface area contributed by atoms with E-state index in [1.54, 1.807) is 12.1 Å². The minimum absolute atomic E-state index is 0.0296. The third-order valence-electron chi connectivity index (χ3n) is 3.14. The number of nitrogens with zero attached hydrogens (tertiary/aromatic N) is 1. The largest absolute Gasteiger partial charge is 0.396 e. The Bertz CT molecular complexity index is 452. The smallest absolute Gasteiger partial charge is 0.292 e. The van der Waals surface area contributed by atoms with E-state index in [0.717, 1.165) is 5.56 Å². The Morgan fingerprint density at radius 1 is 1.42 bits per heavy atom. The van der Waals surface area contributed by atoms with E-state index >= 15 is 0 Å². The molecule has 0 aliphatic rings. The number of aliphatic hydroxyl groups is 1. The molecule has 5 heteroatoms. The second-order valence-corrected chi connectivity index (χ2v) is 5.85. The maximum atomic E-state index is 11.0. The van der Waals surface area contributed by atoms with Crippen molar-refractivity contribution in [2.75, 3.05) is 11.9 Å². The van der Waals surface area contributed by atoms with Gasteiger partial charge in [0, 0.05) is 18.7 Å². The Hall–Kier alpha value is -1.62. The van der Waals surface area contributed by atoms with Crippen LogP contribution in [0.25, 0.3) is 0 Å². The van der Waals surface area contributed by atoms with E-state index in [1.807, 2.05) is 27.7 Å². The normalized spacial score (nSPS) is 13.1. The number of nitro groups is 1. The van der Waals surface area contributed by atoms with Gasteiger partial charge < -0.3 is 10.4 Å². The molecule has 0 heterocycles. The van der Waals surface area contributed by atoms with Gasteiger partial charge in [-0.15, -0.1) is 0 Å². The summed E-state index contributed by atoms with van der Waals surface area (Å²) in [6.07, 6.45) is 0.550. The fourth-order valence-electron chi connectivity index (χ4n) is 1.96. The van der Waals surface area contributed by atoms with Crippen LogP contribution in [0.4, 0.5) is 11.4 Å². The van der Waals surface area contributed by atoms with Gasteiger partial charge in [-0.1, -0.05) is 26.8 Å². The summed E-state index contributed by atoms with van der Waals surface area (Å²) in [6, 6.07) is 4.98. The van der Waals surface area contributed by atoms with Crippen LogP contribution in [-0.2, 0) is 0 Å². The Labute approximate surface area is 113 Å². The van der Waals surface area contributed by atoms with Gasteiger partial charge in [-0.3, -0.25) is 10.1 Å². The van der Waals surface area contributed by atoms with Crippen molar-refractivity contribution in [2.45, 2.75) is 40.2 Å². The number of aryl methyl sites for hydroxylation is 1. The van der Waals surface area contributed by atoms with Gasteiger partial charge in [0.25, 0.3) is 5.69 Å². The first-order chi connectivity index (χ1) is 8.75. The second kappa shape index (κ2) is 6.02. The third kappa shape index (κ3) is 4.21. The fraction of sp³-hybridized carbons (Fsp3) is 0.571. The molecule has 5 nitrogen and oxygen atoms in total. The van der Waals surface area contributed by atoms with Crippen molar-refractivity contribution in [3.63, 3.8) is 0 Å². The van der Waals surface area contributed by atoms with Crippen LogP contribution in [0.3, 0.4) is 0 Å². The molecule has 0 aromatic heterocycles. The summed E-state index contributed by atoms with van der Waals surface area (Å²) in [5.74, 6) is 0. The molecule has 1 aromatic rings. The predicted octanol–water partition coefficient (Wildman–Crippen LogP) is 3.11. The van der Waals surface area contributed by atoms with Gasteiger partial charge in [0.2, 0.25) is 0 Å². The lowest BCUT2D eigenvalue weighted by atomic mass is 9.84. The fourth-order valence-corrected chi connectivity index (χ4v) is 1.96. The van der Waals surface area contributed by atoms with E-state index in [1.165, 1.54) is 6.07 Å². The first-order valence-electron chi connectivity index (χ1n) is 6.38. The van der Waals surface area contributed by atoms with Crippen LogP contribution >= 0.6 is 0 Å². The molecule has 2 N–H and O–H groups in total. The molecule has 1 aromatic carbocycles. The lowest BCUT2D eigenvalue weighted by Gasteiger charge is -2.32. The van der Waals surface area contributed by atoms with Crippen molar-refractivity contribution in [3.05, 3.63) is 33.9 Å². The zero-order valence-electron chi connectivity index (χ0n) is 11.9. The van der Waals surface area contributed by atoms with Gasteiger partial charge in [-0.05, 0) is 30.4 Å². The van der Waals surface area contributed by atoms with E-state index in [9.17, 15) is 10.1 Å². The molecule has 0 saturated heterocycles. The summed E-state index contributed by atoms with van der Waals surface area (Å²) in [5.41, 5.74) is 1.45. The number of hydrogen-bond donors (Lipinski definition) is 2. The molecule has 0 fully saturated rings. The summed E-state index contributed by atoms with van der Waals surface area (Å²) < 4.78 is 0. The van der Waals surface area contributed by atoms with Crippen LogP contribution in [0.15, 0.2) is 18.2 Å². The summed E-state index contributed by atoms with van der Waals surface area (Å²) in [6.45, 7) is 8.08. The topological polar surface area (TPSA) is 75.4 Å². The molecule has 0 radical (unpaired) electrons. The van der Waals surface area contributed by atoms with Crippen LogP contribution < -0.4 is 5.32 Å². The summed E-state index contributed by atoms with van der Waals surface area (Å²) in [7, 11) is 0.